The normalized spacial score (nSPS) is 26.9. The molecule has 18 atom stereocenters. The molecule has 0 spiro atoms. The molecule has 0 aromatic rings. The lowest BCUT2D eigenvalue weighted by Gasteiger charge is -2.50. The molecule has 3 aliphatic rings. The molecule has 3 rings (SSSR count). The molecule has 0 aromatic carbocycles. The topological polar surface area (TPSA) is 373 Å². The fourth-order valence-corrected chi connectivity index (χ4v) is 14.0. The van der Waals surface area contributed by atoms with Gasteiger partial charge in [-0.05, 0) is 44.9 Å². The summed E-state index contributed by atoms with van der Waals surface area (Å²) in [4.78, 5) is 38.6. The number of allylic oxidation sites excluding steroid dienone is 4. The number of hydrogen-bond acceptors (Lipinski definition) is 20. The molecule has 3 heterocycles. The number of carboxylic acids is 1. The van der Waals surface area contributed by atoms with Gasteiger partial charge in [0.2, 0.25) is 11.8 Å². The van der Waals surface area contributed by atoms with Gasteiger partial charge in [0.25, 0.3) is 5.79 Å². The van der Waals surface area contributed by atoms with Crippen molar-refractivity contribution in [2.24, 2.45) is 0 Å². The highest BCUT2D eigenvalue weighted by Crippen LogP contribution is 2.39. The van der Waals surface area contributed by atoms with E-state index in [2.05, 4.69) is 48.8 Å². The molecular weight excluding hydrogens is 1300 g/mol. The number of rotatable bonds is 63. The third-order valence-corrected chi connectivity index (χ3v) is 20.4. The summed E-state index contributed by atoms with van der Waals surface area (Å²) < 4.78 is 34.9. The molecule has 3 fully saturated rings. The summed E-state index contributed by atoms with van der Waals surface area (Å²) in [6, 6.07) is -2.53. The lowest BCUT2D eigenvalue weighted by Crippen LogP contribution is -2.70. The minimum absolute atomic E-state index is 0.225. The van der Waals surface area contributed by atoms with Crippen LogP contribution in [0.4, 0.5) is 0 Å². The Bertz CT molecular complexity index is 2110. The molecule has 3 saturated heterocycles. The van der Waals surface area contributed by atoms with Gasteiger partial charge in [0, 0.05) is 19.8 Å². The number of amides is 2. The Morgan fingerprint density at radius 3 is 1.39 bits per heavy atom. The van der Waals surface area contributed by atoms with Crippen molar-refractivity contribution in [1.29, 1.82) is 0 Å². The van der Waals surface area contributed by atoms with Gasteiger partial charge in [-0.2, -0.15) is 0 Å². The molecule has 23 nitrogen and oxygen atoms in total. The molecule has 0 saturated carbocycles. The Kier molecular flexibility index (Phi) is 52.5. The van der Waals surface area contributed by atoms with Gasteiger partial charge in [0.15, 0.2) is 12.6 Å². The molecule has 101 heavy (non-hydrogen) atoms. The molecule has 0 radical (unpaired) electrons. The van der Waals surface area contributed by atoms with Crippen molar-refractivity contribution >= 4 is 17.8 Å². The van der Waals surface area contributed by atoms with E-state index in [1.165, 1.54) is 205 Å². The number of carbonyl (C=O) groups is 3. The van der Waals surface area contributed by atoms with Crippen molar-refractivity contribution in [2.45, 2.75) is 426 Å². The fourth-order valence-electron chi connectivity index (χ4n) is 14.0. The summed E-state index contributed by atoms with van der Waals surface area (Å²) in [6.07, 6.45) is 33.6. The lowest BCUT2D eigenvalue weighted by atomic mass is 9.88. The lowest BCUT2D eigenvalue weighted by molar-refractivity contribution is -0.386. The van der Waals surface area contributed by atoms with Gasteiger partial charge in [-0.1, -0.05) is 276 Å². The molecule has 0 bridgehead atoms. The maximum absolute atomic E-state index is 13.5. The van der Waals surface area contributed by atoms with Gasteiger partial charge < -0.3 is 100 Å². The Hall–Kier alpha value is -2.79. The largest absolute Gasteiger partial charge is 0.477 e. The molecular formula is C78H144N2O21. The molecule has 23 heteroatoms. The van der Waals surface area contributed by atoms with E-state index in [1.807, 2.05) is 0 Å². The Morgan fingerprint density at radius 2 is 0.950 bits per heavy atom. The van der Waals surface area contributed by atoms with Crippen LogP contribution >= 0.6 is 0 Å². The third kappa shape index (κ3) is 38.0. The third-order valence-electron chi connectivity index (χ3n) is 20.4. The van der Waals surface area contributed by atoms with E-state index in [9.17, 15) is 75.7 Å². The van der Waals surface area contributed by atoms with Gasteiger partial charge in [-0.3, -0.25) is 9.59 Å². The van der Waals surface area contributed by atoms with Crippen molar-refractivity contribution in [3.63, 3.8) is 0 Å². The highest BCUT2D eigenvalue weighted by molar-refractivity contribution is 5.77. The van der Waals surface area contributed by atoms with Crippen LogP contribution < -0.4 is 10.6 Å². The van der Waals surface area contributed by atoms with Crippen LogP contribution in [0.3, 0.4) is 0 Å². The van der Waals surface area contributed by atoms with Gasteiger partial charge in [0.1, 0.15) is 67.1 Å². The second-order valence-corrected chi connectivity index (χ2v) is 29.3. The first kappa shape index (κ1) is 92.4. The highest BCUT2D eigenvalue weighted by Gasteiger charge is 2.60. The maximum Gasteiger partial charge on any atom is 0.364 e. The zero-order valence-electron chi connectivity index (χ0n) is 62.5. The first-order valence-corrected chi connectivity index (χ1v) is 40.2. The predicted molar refractivity (Wildman–Crippen MR) is 389 cm³/mol. The van der Waals surface area contributed by atoms with Gasteiger partial charge >= 0.3 is 5.97 Å². The molecule has 3 aliphatic heterocycles. The number of hydrogen-bond donors (Lipinski definition) is 14. The van der Waals surface area contributed by atoms with Crippen molar-refractivity contribution in [3.8, 4) is 0 Å². The second kappa shape index (κ2) is 57.4. The number of ether oxygens (including phenoxy) is 6. The highest BCUT2D eigenvalue weighted by atomic mass is 16.8. The zero-order valence-corrected chi connectivity index (χ0v) is 62.5. The Balaban J connectivity index is 1.42. The number of aliphatic hydroxyl groups is 11. The quantitative estimate of drug-likeness (QED) is 0.0199. The maximum atomic E-state index is 13.5. The van der Waals surface area contributed by atoms with E-state index < -0.39 is 148 Å². The number of nitrogens with one attached hydrogen (secondary N) is 2. The molecule has 18 unspecified atom stereocenters. The molecule has 2 amide bonds. The SMILES string of the molecule is CCCCCCCCCCCCC/C=C\C/C=C\CCCCCCCCCCCCCCCCCCCC(=O)NC(COC1OC(CO)C(OC2OC(CO)C(O)C(OC3(C(=O)O)CC(O)C(NC(C)=O)C(C(O)C(O)CO)O3)C2O)C(O)C1O)C(O)CCCCCCCCCCCCCC. The smallest absolute Gasteiger partial charge is 0.364 e. The van der Waals surface area contributed by atoms with Crippen molar-refractivity contribution in [1.82, 2.24) is 10.6 Å². The van der Waals surface area contributed by atoms with Crippen molar-refractivity contribution in [2.75, 3.05) is 26.4 Å². The summed E-state index contributed by atoms with van der Waals surface area (Å²) in [5.41, 5.74) is 0. The molecule has 0 aliphatic carbocycles. The van der Waals surface area contributed by atoms with Crippen molar-refractivity contribution < 1.29 is 104 Å². The first-order chi connectivity index (χ1) is 48.9. The van der Waals surface area contributed by atoms with Crippen LogP contribution in [0.2, 0.25) is 0 Å². The minimum atomic E-state index is -3.08. The van der Waals surface area contributed by atoms with Crippen LogP contribution in [0, 0.1) is 0 Å². The van der Waals surface area contributed by atoms with Crippen LogP contribution in [0.15, 0.2) is 24.3 Å². The fraction of sp³-hybridized carbons (Fsp3) is 0.910. The van der Waals surface area contributed by atoms with E-state index in [1.54, 1.807) is 0 Å². The first-order valence-electron chi connectivity index (χ1n) is 40.2. The van der Waals surface area contributed by atoms with E-state index in [0.717, 1.165) is 64.7 Å². The number of carboxylic acid groups (broad SMARTS) is 1. The van der Waals surface area contributed by atoms with Crippen LogP contribution in [-0.4, -0.2) is 215 Å². The number of aliphatic hydroxyl groups excluding tert-OH is 11. The van der Waals surface area contributed by atoms with Crippen LogP contribution in [-0.2, 0) is 42.8 Å². The summed E-state index contributed by atoms with van der Waals surface area (Å²) in [6.45, 7) is 2.22. The van der Waals surface area contributed by atoms with E-state index in [4.69, 9.17) is 28.4 Å². The van der Waals surface area contributed by atoms with E-state index in [-0.39, 0.29) is 18.9 Å². The Morgan fingerprint density at radius 1 is 0.515 bits per heavy atom. The Labute approximate surface area is 606 Å². The average Bonchev–Trinajstić information content (AvgIpc) is 0.755. The zero-order chi connectivity index (χ0) is 73.9. The van der Waals surface area contributed by atoms with Crippen LogP contribution in [0.5, 0.6) is 0 Å². The summed E-state index contributed by atoms with van der Waals surface area (Å²) in [7, 11) is 0. The standard InChI is InChI=1S/C78H144N2O21/c1-4-6-8-10-12-14-16-18-19-20-21-22-23-24-25-26-27-28-29-30-31-32-33-34-35-36-37-38-39-40-42-44-46-48-50-52-65(88)80-59(60(85)51-49-47-45-43-41-17-15-13-11-9-7-5-2)57-96-75-70(92)69(91)72(64(56-83)98-75)99-76-71(93)74(68(90)63(55-82)97-76)101-78(77(94)95)53-61(86)66(79-58(3)84)73(100-78)67(89)62(87)54-81/h23-24,26-27,59-64,66-76,81-83,85-87,89-93H,4-22,25,28-57H2,1-3H3,(H,79,84)(H,80,88)(H,94,95)/b24-23-,27-26-. The van der Waals surface area contributed by atoms with Gasteiger partial charge in [-0.25, -0.2) is 4.79 Å². The average molecular weight is 1450 g/mol. The van der Waals surface area contributed by atoms with Crippen LogP contribution in [0.1, 0.15) is 316 Å². The number of unbranched alkanes of at least 4 members (excludes halogenated alkanes) is 39. The van der Waals surface area contributed by atoms with Gasteiger partial charge in [0.05, 0.1) is 50.7 Å². The monoisotopic (exact) mass is 1450 g/mol. The van der Waals surface area contributed by atoms with E-state index in [0.29, 0.717) is 19.3 Å². The summed E-state index contributed by atoms with van der Waals surface area (Å²) in [5, 5.41) is 136. The molecule has 592 valence electrons. The molecule has 0 aromatic heterocycles. The van der Waals surface area contributed by atoms with Crippen LogP contribution in [0.25, 0.3) is 0 Å². The predicted octanol–water partition coefficient (Wildman–Crippen LogP) is 10.4. The summed E-state index contributed by atoms with van der Waals surface area (Å²) >= 11 is 0. The van der Waals surface area contributed by atoms with Gasteiger partial charge in [-0.15, -0.1) is 0 Å². The minimum Gasteiger partial charge on any atom is -0.477 e. The second-order valence-electron chi connectivity index (χ2n) is 29.3. The van der Waals surface area contributed by atoms with E-state index >= 15 is 0 Å². The summed E-state index contributed by atoms with van der Waals surface area (Å²) in [5.74, 6) is -6.10. The molecule has 14 N–H and O–H groups in total. The number of carbonyl (C=O) groups excluding carboxylic acids is 2. The number of aliphatic carboxylic acids is 1. The van der Waals surface area contributed by atoms with Crippen molar-refractivity contribution in [3.05, 3.63) is 24.3 Å².